The summed E-state index contributed by atoms with van der Waals surface area (Å²) in [5, 5.41) is 16.0. The maximum absolute atomic E-state index is 12.4. The fourth-order valence-electron chi connectivity index (χ4n) is 3.62. The Balaban J connectivity index is 1.42. The highest BCUT2D eigenvalue weighted by Crippen LogP contribution is 2.29. The van der Waals surface area contributed by atoms with Gasteiger partial charge >= 0.3 is 6.03 Å². The summed E-state index contributed by atoms with van der Waals surface area (Å²) < 4.78 is 29.4. The van der Waals surface area contributed by atoms with Crippen LogP contribution < -0.4 is 10.6 Å². The first-order valence-corrected chi connectivity index (χ1v) is 11.5. The predicted molar refractivity (Wildman–Crippen MR) is 117 cm³/mol. The molecular weight excluding hydrogens is 416 g/mol. The molecule has 0 atom stereocenters. The molecule has 31 heavy (non-hydrogen) atoms. The van der Waals surface area contributed by atoms with Crippen molar-refractivity contribution in [2.75, 3.05) is 43.5 Å². The van der Waals surface area contributed by atoms with Crippen molar-refractivity contribution in [1.29, 1.82) is 5.26 Å². The van der Waals surface area contributed by atoms with E-state index in [2.05, 4.69) is 21.6 Å². The molecule has 160 valence electrons. The normalized spacial score (nSPS) is 17.0. The summed E-state index contributed by atoms with van der Waals surface area (Å²) in [4.78, 5) is 14.9. The van der Waals surface area contributed by atoms with E-state index in [1.54, 1.807) is 30.3 Å². The Morgan fingerprint density at radius 2 is 1.81 bits per heavy atom. The van der Waals surface area contributed by atoms with Gasteiger partial charge < -0.3 is 15.4 Å². The number of morpholine rings is 1. The van der Waals surface area contributed by atoms with E-state index in [1.807, 2.05) is 0 Å². The molecule has 2 amide bonds. The second-order valence-electron chi connectivity index (χ2n) is 7.37. The summed E-state index contributed by atoms with van der Waals surface area (Å²) >= 11 is 0. The Bertz CT molecular complexity index is 1180. The highest BCUT2D eigenvalue weighted by atomic mass is 32.2. The van der Waals surface area contributed by atoms with E-state index in [0.717, 1.165) is 30.6 Å². The summed E-state index contributed by atoms with van der Waals surface area (Å²) in [6.45, 7) is 3.98. The van der Waals surface area contributed by atoms with Crippen molar-refractivity contribution in [2.24, 2.45) is 0 Å². The number of fused-ring (bicyclic) bond motifs is 1. The van der Waals surface area contributed by atoms with Crippen molar-refractivity contribution in [3.05, 3.63) is 58.5 Å². The van der Waals surface area contributed by atoms with Crippen LogP contribution in [0.1, 0.15) is 16.7 Å². The van der Waals surface area contributed by atoms with Crippen LogP contribution in [0.2, 0.25) is 0 Å². The van der Waals surface area contributed by atoms with Crippen molar-refractivity contribution in [3.8, 4) is 6.07 Å². The molecule has 0 spiro atoms. The third kappa shape index (κ3) is 4.94. The summed E-state index contributed by atoms with van der Waals surface area (Å²) in [6, 6.07) is 11.6. The molecular formula is C22H22N4O4S. The van der Waals surface area contributed by atoms with Crippen LogP contribution in [0.4, 0.5) is 16.2 Å². The molecule has 2 aliphatic heterocycles. The van der Waals surface area contributed by atoms with Crippen molar-refractivity contribution >= 4 is 33.3 Å². The number of urea groups is 1. The second-order valence-corrected chi connectivity index (χ2v) is 9.17. The fourth-order valence-corrected chi connectivity index (χ4v) is 4.84. The molecule has 1 fully saturated rings. The van der Waals surface area contributed by atoms with E-state index in [9.17, 15) is 18.5 Å². The van der Waals surface area contributed by atoms with Gasteiger partial charge in [0, 0.05) is 36.4 Å². The van der Waals surface area contributed by atoms with Gasteiger partial charge in [-0.1, -0.05) is 6.07 Å². The van der Waals surface area contributed by atoms with E-state index in [0.29, 0.717) is 42.1 Å². The molecule has 2 N–H and O–H groups in total. The van der Waals surface area contributed by atoms with Crippen molar-refractivity contribution < 1.29 is 17.9 Å². The first-order valence-electron chi connectivity index (χ1n) is 9.93. The monoisotopic (exact) mass is 438 g/mol. The molecule has 9 heteroatoms. The predicted octanol–water partition coefficient (Wildman–Crippen LogP) is 2.83. The molecule has 2 heterocycles. The number of carbonyl (C=O) groups is 1. The number of carbonyl (C=O) groups excluding carboxylic acids is 1. The number of nitriles is 1. The molecule has 8 nitrogen and oxygen atoms in total. The minimum atomic E-state index is -3.45. The van der Waals surface area contributed by atoms with Crippen LogP contribution in [0.3, 0.4) is 0 Å². The number of benzene rings is 2. The van der Waals surface area contributed by atoms with Crippen LogP contribution in [-0.2, 0) is 21.0 Å². The third-order valence-electron chi connectivity index (χ3n) is 5.29. The smallest absolute Gasteiger partial charge is 0.323 e. The van der Waals surface area contributed by atoms with Gasteiger partial charge in [0.05, 0.1) is 29.7 Å². The number of anilines is 2. The van der Waals surface area contributed by atoms with Crippen LogP contribution in [0.25, 0.3) is 6.08 Å². The molecule has 2 aliphatic rings. The first-order chi connectivity index (χ1) is 14.9. The quantitative estimate of drug-likeness (QED) is 0.743. The molecule has 0 aromatic heterocycles. The highest BCUT2D eigenvalue weighted by Gasteiger charge is 2.21. The lowest BCUT2D eigenvalue weighted by atomic mass is 10.0. The largest absolute Gasteiger partial charge is 0.379 e. The molecule has 0 aliphatic carbocycles. The Hall–Kier alpha value is -3.19. The van der Waals surface area contributed by atoms with Gasteiger partial charge in [-0.3, -0.25) is 4.90 Å². The van der Waals surface area contributed by atoms with Crippen LogP contribution in [0, 0.1) is 11.3 Å². The minimum absolute atomic E-state index is 0.175. The Morgan fingerprint density at radius 3 is 2.55 bits per heavy atom. The number of amides is 2. The first kappa shape index (κ1) is 21.1. The average Bonchev–Trinajstić information content (AvgIpc) is 3.07. The molecule has 0 radical (unpaired) electrons. The van der Waals surface area contributed by atoms with Gasteiger partial charge in [0.25, 0.3) is 0 Å². The number of hydrogen-bond donors (Lipinski definition) is 2. The second kappa shape index (κ2) is 8.89. The van der Waals surface area contributed by atoms with E-state index >= 15 is 0 Å². The molecule has 4 rings (SSSR count). The maximum atomic E-state index is 12.4. The molecule has 2 aromatic rings. The van der Waals surface area contributed by atoms with Crippen molar-refractivity contribution in [1.82, 2.24) is 4.90 Å². The Morgan fingerprint density at radius 1 is 1.10 bits per heavy atom. The van der Waals surface area contributed by atoms with Gasteiger partial charge in [-0.15, -0.1) is 0 Å². The van der Waals surface area contributed by atoms with Gasteiger partial charge in [0.1, 0.15) is 0 Å². The number of hydrogen-bond acceptors (Lipinski definition) is 6. The molecule has 0 bridgehead atoms. The van der Waals surface area contributed by atoms with Crippen LogP contribution in [0.15, 0.2) is 46.7 Å². The van der Waals surface area contributed by atoms with Gasteiger partial charge in [-0.25, -0.2) is 13.2 Å². The number of nitrogens with one attached hydrogen (secondary N) is 2. The van der Waals surface area contributed by atoms with E-state index in [4.69, 9.17) is 4.74 Å². The maximum Gasteiger partial charge on any atom is 0.323 e. The van der Waals surface area contributed by atoms with E-state index < -0.39 is 15.9 Å². The lowest BCUT2D eigenvalue weighted by Gasteiger charge is -2.26. The Kier molecular flexibility index (Phi) is 6.04. The lowest BCUT2D eigenvalue weighted by molar-refractivity contribution is 0.0384. The average molecular weight is 439 g/mol. The van der Waals surface area contributed by atoms with E-state index in [-0.39, 0.29) is 4.90 Å². The van der Waals surface area contributed by atoms with Gasteiger partial charge in [-0.2, -0.15) is 5.26 Å². The molecule has 0 unspecified atom stereocenters. The van der Waals surface area contributed by atoms with Gasteiger partial charge in [-0.05, 0) is 54.0 Å². The van der Waals surface area contributed by atoms with Crippen LogP contribution in [-0.4, -0.2) is 52.2 Å². The molecule has 2 aromatic carbocycles. The summed E-state index contributed by atoms with van der Waals surface area (Å²) in [6.07, 6.45) is 2.22. The zero-order chi connectivity index (χ0) is 21.8. The Labute approximate surface area is 181 Å². The van der Waals surface area contributed by atoms with Crippen LogP contribution >= 0.6 is 0 Å². The zero-order valence-electron chi connectivity index (χ0n) is 16.8. The number of ether oxygens (including phenoxy) is 1. The van der Waals surface area contributed by atoms with Gasteiger partial charge in [0.15, 0.2) is 0 Å². The summed E-state index contributed by atoms with van der Waals surface area (Å²) in [5.74, 6) is 0. The number of rotatable bonds is 5. The summed E-state index contributed by atoms with van der Waals surface area (Å²) in [7, 11) is -3.45. The molecule has 1 saturated heterocycles. The minimum Gasteiger partial charge on any atom is -0.379 e. The van der Waals surface area contributed by atoms with Gasteiger partial charge in [0.2, 0.25) is 9.84 Å². The number of nitrogens with zero attached hydrogens (tertiary/aromatic N) is 2. The third-order valence-corrected chi connectivity index (χ3v) is 6.75. The fraction of sp³-hybridized carbons (Fsp3) is 0.273. The highest BCUT2D eigenvalue weighted by molar-refractivity contribution is 7.94. The topological polar surface area (TPSA) is 112 Å². The lowest BCUT2D eigenvalue weighted by Crippen LogP contribution is -2.37. The van der Waals surface area contributed by atoms with E-state index in [1.165, 1.54) is 12.1 Å². The number of sulfone groups is 1. The summed E-state index contributed by atoms with van der Waals surface area (Å²) in [5.41, 5.74) is 2.98. The van der Waals surface area contributed by atoms with Crippen molar-refractivity contribution in [2.45, 2.75) is 11.3 Å². The zero-order valence-corrected chi connectivity index (χ0v) is 17.6. The van der Waals surface area contributed by atoms with Crippen molar-refractivity contribution in [3.63, 3.8) is 0 Å². The SMILES string of the molecule is N#Cc1ccc(NC(=O)Nc2ccc3c(c2)S(=O)(=O)C=C3)cc1CCN1CCOCC1. The standard InChI is InChI=1S/C22H22N4O4S/c23-15-18-2-4-19(13-17(18)5-7-26-8-10-30-11-9-26)24-22(27)25-20-3-1-16-6-12-31(28,29)21(16)14-20/h1-4,6,12-14H,5,7-11H2,(H2,24,25,27). The van der Waals surface area contributed by atoms with Crippen LogP contribution in [0.5, 0.6) is 0 Å². The molecule has 0 saturated carbocycles.